The lowest BCUT2D eigenvalue weighted by Crippen LogP contribution is -2.18. The van der Waals surface area contributed by atoms with Crippen molar-refractivity contribution in [1.82, 2.24) is 4.57 Å². The fraction of sp³-hybridized carbons (Fsp3) is 0.211. The number of hydrogen-bond acceptors (Lipinski definition) is 4. The van der Waals surface area contributed by atoms with Crippen molar-refractivity contribution < 1.29 is 19.0 Å². The SMILES string of the molecule is COc1cc(OC)c2ccn(CC(=O)Nc3ccccc3OC)c2c1. The summed E-state index contributed by atoms with van der Waals surface area (Å²) in [7, 11) is 4.78. The molecular weight excluding hydrogens is 320 g/mol. The number of nitrogens with zero attached hydrogens (tertiary/aromatic N) is 1. The van der Waals surface area contributed by atoms with Gasteiger partial charge in [0.1, 0.15) is 23.8 Å². The summed E-state index contributed by atoms with van der Waals surface area (Å²) in [6.45, 7) is 0.165. The minimum absolute atomic E-state index is 0.149. The average molecular weight is 340 g/mol. The molecule has 1 heterocycles. The van der Waals surface area contributed by atoms with Gasteiger partial charge in [0.2, 0.25) is 5.91 Å². The topological polar surface area (TPSA) is 61.7 Å². The van der Waals surface area contributed by atoms with Gasteiger partial charge in [-0.25, -0.2) is 0 Å². The first-order chi connectivity index (χ1) is 12.2. The Morgan fingerprint density at radius 3 is 2.48 bits per heavy atom. The van der Waals surface area contributed by atoms with Crippen LogP contribution in [-0.4, -0.2) is 31.8 Å². The Morgan fingerprint density at radius 2 is 1.76 bits per heavy atom. The third kappa shape index (κ3) is 3.38. The quantitative estimate of drug-likeness (QED) is 0.748. The molecule has 6 nitrogen and oxygen atoms in total. The zero-order valence-corrected chi connectivity index (χ0v) is 14.4. The van der Waals surface area contributed by atoms with Gasteiger partial charge >= 0.3 is 0 Å². The number of methoxy groups -OCH3 is 3. The van der Waals surface area contributed by atoms with Crippen LogP contribution in [0.4, 0.5) is 5.69 Å². The molecule has 1 aromatic heterocycles. The van der Waals surface area contributed by atoms with Gasteiger partial charge in [-0.3, -0.25) is 4.79 Å². The second kappa shape index (κ2) is 7.17. The highest BCUT2D eigenvalue weighted by molar-refractivity contribution is 5.94. The number of rotatable bonds is 6. The first-order valence-electron chi connectivity index (χ1n) is 7.80. The van der Waals surface area contributed by atoms with Gasteiger partial charge in [-0.15, -0.1) is 0 Å². The minimum atomic E-state index is -0.149. The van der Waals surface area contributed by atoms with Crippen molar-refractivity contribution in [3.63, 3.8) is 0 Å². The Hall–Kier alpha value is -3.15. The Kier molecular flexibility index (Phi) is 4.79. The molecule has 3 aromatic rings. The van der Waals surface area contributed by atoms with Crippen LogP contribution in [0.15, 0.2) is 48.7 Å². The smallest absolute Gasteiger partial charge is 0.244 e. The number of anilines is 1. The van der Waals surface area contributed by atoms with E-state index in [0.29, 0.717) is 22.9 Å². The molecule has 0 radical (unpaired) electrons. The normalized spacial score (nSPS) is 10.5. The van der Waals surface area contributed by atoms with Crippen LogP contribution in [-0.2, 0) is 11.3 Å². The van der Waals surface area contributed by atoms with Crippen LogP contribution >= 0.6 is 0 Å². The van der Waals surface area contributed by atoms with Gasteiger partial charge in [-0.05, 0) is 18.2 Å². The van der Waals surface area contributed by atoms with E-state index in [1.54, 1.807) is 33.5 Å². The molecule has 0 aliphatic carbocycles. The molecule has 6 heteroatoms. The molecule has 1 N–H and O–H groups in total. The molecule has 25 heavy (non-hydrogen) atoms. The van der Waals surface area contributed by atoms with Gasteiger partial charge in [0, 0.05) is 23.7 Å². The Labute approximate surface area is 145 Å². The maximum atomic E-state index is 12.5. The summed E-state index contributed by atoms with van der Waals surface area (Å²) in [5.74, 6) is 1.85. The monoisotopic (exact) mass is 340 g/mol. The summed E-state index contributed by atoms with van der Waals surface area (Å²) in [4.78, 5) is 12.5. The molecular formula is C19H20N2O4. The molecule has 0 aliphatic heterocycles. The molecule has 0 aliphatic rings. The average Bonchev–Trinajstić information content (AvgIpc) is 3.04. The molecule has 2 aromatic carbocycles. The Bertz CT molecular complexity index is 902. The first-order valence-corrected chi connectivity index (χ1v) is 7.80. The summed E-state index contributed by atoms with van der Waals surface area (Å²) >= 11 is 0. The number of aromatic nitrogens is 1. The van der Waals surface area contributed by atoms with E-state index >= 15 is 0 Å². The van der Waals surface area contributed by atoms with Crippen molar-refractivity contribution in [1.29, 1.82) is 0 Å². The van der Waals surface area contributed by atoms with E-state index in [-0.39, 0.29) is 12.5 Å². The van der Waals surface area contributed by atoms with E-state index in [1.807, 2.05) is 41.1 Å². The van der Waals surface area contributed by atoms with E-state index in [9.17, 15) is 4.79 Å². The van der Waals surface area contributed by atoms with Crippen molar-refractivity contribution in [3.8, 4) is 17.2 Å². The van der Waals surface area contributed by atoms with E-state index in [0.717, 1.165) is 10.9 Å². The number of para-hydroxylation sites is 2. The van der Waals surface area contributed by atoms with Crippen LogP contribution in [0.25, 0.3) is 10.9 Å². The van der Waals surface area contributed by atoms with Crippen molar-refractivity contribution in [3.05, 3.63) is 48.7 Å². The van der Waals surface area contributed by atoms with Gasteiger partial charge < -0.3 is 24.1 Å². The van der Waals surface area contributed by atoms with Crippen LogP contribution in [0.1, 0.15) is 0 Å². The highest BCUT2D eigenvalue weighted by Gasteiger charge is 2.13. The molecule has 0 fully saturated rings. The highest BCUT2D eigenvalue weighted by atomic mass is 16.5. The number of carbonyl (C=O) groups excluding carboxylic acids is 1. The third-order valence-corrected chi connectivity index (χ3v) is 3.97. The van der Waals surface area contributed by atoms with Crippen LogP contribution in [0.5, 0.6) is 17.2 Å². The second-order valence-electron chi connectivity index (χ2n) is 5.45. The molecule has 0 saturated carbocycles. The van der Waals surface area contributed by atoms with Crippen molar-refractivity contribution >= 4 is 22.5 Å². The Balaban J connectivity index is 1.86. The van der Waals surface area contributed by atoms with E-state index in [2.05, 4.69) is 5.32 Å². The standard InChI is InChI=1S/C19H20N2O4/c1-23-13-10-16-14(18(11-13)25-3)8-9-21(16)12-19(22)20-15-6-4-5-7-17(15)24-2/h4-11H,12H2,1-3H3,(H,20,22). The lowest BCUT2D eigenvalue weighted by Gasteiger charge is -2.12. The molecule has 0 bridgehead atoms. The van der Waals surface area contributed by atoms with Gasteiger partial charge in [0.15, 0.2) is 0 Å². The van der Waals surface area contributed by atoms with Crippen LogP contribution in [0, 0.1) is 0 Å². The predicted octanol–water partition coefficient (Wildman–Crippen LogP) is 3.31. The third-order valence-electron chi connectivity index (χ3n) is 3.97. The maximum absolute atomic E-state index is 12.5. The fourth-order valence-electron chi connectivity index (χ4n) is 2.75. The maximum Gasteiger partial charge on any atom is 0.244 e. The summed E-state index contributed by atoms with van der Waals surface area (Å²) in [5.41, 5.74) is 1.51. The number of carbonyl (C=O) groups is 1. The van der Waals surface area contributed by atoms with Crippen LogP contribution in [0.3, 0.4) is 0 Å². The van der Waals surface area contributed by atoms with E-state index in [4.69, 9.17) is 14.2 Å². The molecule has 0 spiro atoms. The van der Waals surface area contributed by atoms with Crippen LogP contribution < -0.4 is 19.5 Å². The first kappa shape index (κ1) is 16.7. The molecule has 1 amide bonds. The largest absolute Gasteiger partial charge is 0.497 e. The molecule has 0 atom stereocenters. The van der Waals surface area contributed by atoms with Gasteiger partial charge in [-0.1, -0.05) is 12.1 Å². The summed E-state index contributed by atoms with van der Waals surface area (Å²) in [6.07, 6.45) is 1.86. The Morgan fingerprint density at radius 1 is 1.00 bits per heavy atom. The molecule has 130 valence electrons. The number of hydrogen-bond donors (Lipinski definition) is 1. The van der Waals surface area contributed by atoms with Crippen LogP contribution in [0.2, 0.25) is 0 Å². The number of fused-ring (bicyclic) bond motifs is 1. The zero-order chi connectivity index (χ0) is 17.8. The lowest BCUT2D eigenvalue weighted by molar-refractivity contribution is -0.116. The zero-order valence-electron chi connectivity index (χ0n) is 14.4. The fourth-order valence-corrected chi connectivity index (χ4v) is 2.75. The van der Waals surface area contributed by atoms with E-state index in [1.165, 1.54) is 0 Å². The molecule has 0 saturated heterocycles. The van der Waals surface area contributed by atoms with Crippen molar-refractivity contribution in [2.45, 2.75) is 6.54 Å². The van der Waals surface area contributed by atoms with Gasteiger partial charge in [0.05, 0.1) is 32.5 Å². The minimum Gasteiger partial charge on any atom is -0.497 e. The number of ether oxygens (including phenoxy) is 3. The van der Waals surface area contributed by atoms with Crippen molar-refractivity contribution in [2.24, 2.45) is 0 Å². The summed E-state index contributed by atoms with van der Waals surface area (Å²) < 4.78 is 17.8. The number of nitrogens with one attached hydrogen (secondary N) is 1. The number of benzene rings is 2. The lowest BCUT2D eigenvalue weighted by atomic mass is 10.2. The number of amides is 1. The molecule has 0 unspecified atom stereocenters. The second-order valence-corrected chi connectivity index (χ2v) is 5.45. The summed E-state index contributed by atoms with van der Waals surface area (Å²) in [5, 5.41) is 3.80. The predicted molar refractivity (Wildman–Crippen MR) is 96.7 cm³/mol. The summed E-state index contributed by atoms with van der Waals surface area (Å²) in [6, 6.07) is 12.9. The van der Waals surface area contributed by atoms with Gasteiger partial charge in [0.25, 0.3) is 0 Å². The highest BCUT2D eigenvalue weighted by Crippen LogP contribution is 2.32. The van der Waals surface area contributed by atoms with Gasteiger partial charge in [-0.2, -0.15) is 0 Å². The van der Waals surface area contributed by atoms with E-state index < -0.39 is 0 Å². The molecule has 3 rings (SSSR count). The van der Waals surface area contributed by atoms with Crippen molar-refractivity contribution in [2.75, 3.05) is 26.6 Å².